The number of carbonyl (C=O) groups excluding carboxylic acids is 1. The molecule has 2 N–H and O–H groups in total. The van der Waals surface area contributed by atoms with Crippen LogP contribution in [0.2, 0.25) is 0 Å². The third kappa shape index (κ3) is 4.85. The van der Waals surface area contributed by atoms with E-state index in [0.29, 0.717) is 0 Å². The fourth-order valence-electron chi connectivity index (χ4n) is 1.56. The fraction of sp³-hybridized carbons (Fsp3) is 0.385. The van der Waals surface area contributed by atoms with Crippen LogP contribution < -0.4 is 14.8 Å². The van der Waals surface area contributed by atoms with Crippen LogP contribution in [0.3, 0.4) is 0 Å². The zero-order chi connectivity index (χ0) is 16.7. The van der Waals surface area contributed by atoms with E-state index < -0.39 is 24.6 Å². The van der Waals surface area contributed by atoms with Gasteiger partial charge in [0.05, 0.1) is 13.7 Å². The summed E-state index contributed by atoms with van der Waals surface area (Å²) >= 11 is 0. The molecule has 0 aromatic heterocycles. The topological polar surface area (TPSA) is 94.1 Å². The molecule has 0 radical (unpaired) electrons. The van der Waals surface area contributed by atoms with Crippen LogP contribution in [-0.4, -0.2) is 50.5 Å². The average molecular weight is 319 g/mol. The van der Waals surface area contributed by atoms with E-state index >= 15 is 0 Å². The van der Waals surface area contributed by atoms with Crippen molar-refractivity contribution in [2.45, 2.75) is 12.7 Å². The molecule has 1 amide bonds. The van der Waals surface area contributed by atoms with Gasteiger partial charge in [-0.05, 0) is 18.2 Å². The van der Waals surface area contributed by atoms with E-state index in [4.69, 9.17) is 9.84 Å². The third-order valence-corrected chi connectivity index (χ3v) is 2.65. The van der Waals surface area contributed by atoms with Crippen LogP contribution in [0.25, 0.3) is 0 Å². The van der Waals surface area contributed by atoms with E-state index in [2.05, 4.69) is 14.8 Å². The zero-order valence-corrected chi connectivity index (χ0v) is 11.8. The zero-order valence-electron chi connectivity index (χ0n) is 11.8. The van der Waals surface area contributed by atoms with E-state index in [0.717, 1.165) is 6.07 Å². The molecule has 1 atom stereocenters. The van der Waals surface area contributed by atoms with Crippen LogP contribution in [-0.2, 0) is 9.53 Å². The van der Waals surface area contributed by atoms with Gasteiger partial charge in [0.2, 0.25) is 0 Å². The number of alkyl halides is 2. The normalized spacial score (nSPS) is 11.9. The molecule has 0 saturated heterocycles. The van der Waals surface area contributed by atoms with Crippen LogP contribution in [0.1, 0.15) is 10.4 Å². The highest BCUT2D eigenvalue weighted by Crippen LogP contribution is 2.29. The molecule has 1 aromatic carbocycles. The summed E-state index contributed by atoms with van der Waals surface area (Å²) in [7, 11) is 2.45. The Bertz CT molecular complexity index is 537. The van der Waals surface area contributed by atoms with Gasteiger partial charge in [0.1, 0.15) is 0 Å². The first-order chi connectivity index (χ1) is 10.4. The summed E-state index contributed by atoms with van der Waals surface area (Å²) in [6.07, 6.45) is -1.21. The van der Waals surface area contributed by atoms with Gasteiger partial charge in [-0.15, -0.1) is 0 Å². The molecular weight excluding hydrogens is 304 g/mol. The van der Waals surface area contributed by atoms with Gasteiger partial charge >= 0.3 is 12.6 Å². The van der Waals surface area contributed by atoms with Crippen molar-refractivity contribution in [2.24, 2.45) is 0 Å². The van der Waals surface area contributed by atoms with Crippen LogP contribution in [0.15, 0.2) is 18.2 Å². The Balaban J connectivity index is 2.83. The molecular formula is C13H15F2NO6. The van der Waals surface area contributed by atoms with Gasteiger partial charge in [-0.2, -0.15) is 8.78 Å². The molecule has 0 aliphatic rings. The number of amides is 1. The summed E-state index contributed by atoms with van der Waals surface area (Å²) in [5, 5.41) is 11.1. The quantitative estimate of drug-likeness (QED) is 0.746. The first-order valence-electron chi connectivity index (χ1n) is 6.05. The van der Waals surface area contributed by atoms with Crippen molar-refractivity contribution < 1.29 is 37.7 Å². The molecule has 122 valence electrons. The van der Waals surface area contributed by atoms with E-state index in [1.54, 1.807) is 0 Å². The van der Waals surface area contributed by atoms with Crippen molar-refractivity contribution in [3.05, 3.63) is 23.8 Å². The first kappa shape index (κ1) is 17.6. The Morgan fingerprint density at radius 3 is 2.45 bits per heavy atom. The Hall–Kier alpha value is -2.42. The van der Waals surface area contributed by atoms with Crippen molar-refractivity contribution in [1.82, 2.24) is 5.32 Å². The number of hydrogen-bond acceptors (Lipinski definition) is 5. The molecule has 0 heterocycles. The number of ether oxygens (including phenoxy) is 3. The Morgan fingerprint density at radius 1 is 1.27 bits per heavy atom. The number of methoxy groups -OCH3 is 2. The second-order valence-electron chi connectivity index (χ2n) is 4.02. The summed E-state index contributed by atoms with van der Waals surface area (Å²) in [5.74, 6) is -2.16. The van der Waals surface area contributed by atoms with E-state index in [1.165, 1.54) is 26.4 Å². The fourth-order valence-corrected chi connectivity index (χ4v) is 1.56. The number of hydrogen-bond donors (Lipinski definition) is 2. The van der Waals surface area contributed by atoms with E-state index in [-0.39, 0.29) is 23.6 Å². The second kappa shape index (κ2) is 8.13. The lowest BCUT2D eigenvalue weighted by atomic mass is 10.2. The van der Waals surface area contributed by atoms with Crippen molar-refractivity contribution in [3.63, 3.8) is 0 Å². The molecule has 9 heteroatoms. The lowest BCUT2D eigenvalue weighted by Crippen LogP contribution is -2.37. The molecule has 0 aliphatic heterocycles. The highest BCUT2D eigenvalue weighted by atomic mass is 19.3. The molecule has 1 unspecified atom stereocenters. The second-order valence-corrected chi connectivity index (χ2v) is 4.02. The smallest absolute Gasteiger partial charge is 0.387 e. The number of nitrogens with one attached hydrogen (secondary N) is 1. The Morgan fingerprint density at radius 2 is 1.95 bits per heavy atom. The van der Waals surface area contributed by atoms with Crippen molar-refractivity contribution in [1.29, 1.82) is 0 Å². The van der Waals surface area contributed by atoms with Crippen molar-refractivity contribution in [2.75, 3.05) is 20.8 Å². The number of benzene rings is 1. The van der Waals surface area contributed by atoms with Gasteiger partial charge in [-0.25, -0.2) is 4.79 Å². The summed E-state index contributed by atoms with van der Waals surface area (Å²) in [6.45, 7) is -3.35. The highest BCUT2D eigenvalue weighted by Gasteiger charge is 2.19. The molecule has 0 bridgehead atoms. The number of carboxylic acid groups (broad SMARTS) is 1. The Kier molecular flexibility index (Phi) is 6.51. The van der Waals surface area contributed by atoms with E-state index in [9.17, 15) is 18.4 Å². The summed E-state index contributed by atoms with van der Waals surface area (Å²) in [5.41, 5.74) is 0.0108. The molecule has 0 fully saturated rings. The molecule has 0 spiro atoms. The predicted octanol–water partition coefficient (Wildman–Crippen LogP) is 1.13. The minimum absolute atomic E-state index is 0.0108. The lowest BCUT2D eigenvalue weighted by molar-refractivity contribution is -0.148. The predicted molar refractivity (Wildman–Crippen MR) is 70.4 cm³/mol. The highest BCUT2D eigenvalue weighted by molar-refractivity contribution is 5.95. The number of carbonyl (C=O) groups is 2. The van der Waals surface area contributed by atoms with Gasteiger partial charge < -0.3 is 24.6 Å². The van der Waals surface area contributed by atoms with Gasteiger partial charge in [0.25, 0.3) is 5.91 Å². The number of carboxylic acids is 1. The number of aliphatic carboxylic acids is 1. The van der Waals surface area contributed by atoms with Crippen LogP contribution in [0, 0.1) is 0 Å². The van der Waals surface area contributed by atoms with Gasteiger partial charge in [-0.3, -0.25) is 4.79 Å². The monoisotopic (exact) mass is 319 g/mol. The molecule has 7 nitrogen and oxygen atoms in total. The first-order valence-corrected chi connectivity index (χ1v) is 6.05. The largest absolute Gasteiger partial charge is 0.493 e. The van der Waals surface area contributed by atoms with Crippen molar-refractivity contribution in [3.8, 4) is 11.5 Å². The van der Waals surface area contributed by atoms with Gasteiger partial charge in [0.15, 0.2) is 17.6 Å². The summed E-state index contributed by atoms with van der Waals surface area (Å²) < 4.78 is 38.3. The molecule has 22 heavy (non-hydrogen) atoms. The standard InChI is InChI=1S/C13H15F2NO6/c1-20-8-4-3-7(5-9(8)22-13(14)15)11(17)16-6-10(21-2)12(18)19/h3-5,10,13H,6H2,1-2H3,(H,16,17)(H,18,19). The van der Waals surface area contributed by atoms with Gasteiger partial charge in [0, 0.05) is 12.7 Å². The molecule has 0 aliphatic carbocycles. The van der Waals surface area contributed by atoms with Crippen molar-refractivity contribution >= 4 is 11.9 Å². The van der Waals surface area contributed by atoms with Gasteiger partial charge in [-0.1, -0.05) is 0 Å². The number of halogens is 2. The third-order valence-electron chi connectivity index (χ3n) is 2.65. The maximum Gasteiger partial charge on any atom is 0.387 e. The summed E-state index contributed by atoms with van der Waals surface area (Å²) in [6, 6.07) is 3.69. The maximum absolute atomic E-state index is 12.3. The van der Waals surface area contributed by atoms with Crippen LogP contribution in [0.5, 0.6) is 11.5 Å². The van der Waals surface area contributed by atoms with Crippen LogP contribution in [0.4, 0.5) is 8.78 Å². The minimum Gasteiger partial charge on any atom is -0.493 e. The minimum atomic E-state index is -3.07. The van der Waals surface area contributed by atoms with E-state index in [1.807, 2.05) is 0 Å². The van der Waals surface area contributed by atoms with Crippen LogP contribution >= 0.6 is 0 Å². The maximum atomic E-state index is 12.3. The lowest BCUT2D eigenvalue weighted by Gasteiger charge is -2.13. The summed E-state index contributed by atoms with van der Waals surface area (Å²) in [4.78, 5) is 22.6. The molecule has 0 saturated carbocycles. The molecule has 1 aromatic rings. The average Bonchev–Trinajstić information content (AvgIpc) is 2.46. The SMILES string of the molecule is COc1ccc(C(=O)NCC(OC)C(=O)O)cc1OC(F)F. The number of rotatable bonds is 8. The Labute approximate surface area is 124 Å². The molecule has 1 rings (SSSR count).